The molecule has 0 aromatic heterocycles. The van der Waals surface area contributed by atoms with E-state index in [1.165, 1.54) is 0 Å². The Balaban J connectivity index is 1.92. The number of rotatable bonds is 3. The molecular weight excluding hydrogens is 317 g/mol. The van der Waals surface area contributed by atoms with Gasteiger partial charge >= 0.3 is 0 Å². The van der Waals surface area contributed by atoms with Crippen molar-refractivity contribution in [2.45, 2.75) is 0 Å². The van der Waals surface area contributed by atoms with Crippen LogP contribution in [0.25, 0.3) is 0 Å². The number of carbonyl (C=O) groups excluding carboxylic acids is 1. The van der Waals surface area contributed by atoms with E-state index in [1.54, 1.807) is 18.3 Å². The Morgan fingerprint density at radius 1 is 1.38 bits per heavy atom. The maximum absolute atomic E-state index is 11.7. The Morgan fingerprint density at radius 2 is 2.12 bits per heavy atom. The van der Waals surface area contributed by atoms with Gasteiger partial charge < -0.3 is 5.32 Å². The molecule has 0 fully saturated rings. The molecule has 1 amide bonds. The van der Waals surface area contributed by atoms with Crippen LogP contribution < -0.4 is 5.32 Å². The Kier molecular flexibility index (Phi) is 3.66. The van der Waals surface area contributed by atoms with Crippen LogP contribution in [0, 0.1) is 3.57 Å². The summed E-state index contributed by atoms with van der Waals surface area (Å²) in [4.78, 5) is 19.8. The lowest BCUT2D eigenvalue weighted by Crippen LogP contribution is -2.28. The van der Waals surface area contributed by atoms with Gasteiger partial charge in [0.2, 0.25) is 0 Å². The summed E-state index contributed by atoms with van der Waals surface area (Å²) in [6.45, 7) is 1.01. The third-order valence-corrected chi connectivity index (χ3v) is 2.83. The summed E-state index contributed by atoms with van der Waals surface area (Å²) in [5, 5.41) is 2.77. The van der Waals surface area contributed by atoms with Crippen molar-refractivity contribution in [2.24, 2.45) is 9.98 Å². The second-order valence-corrected chi connectivity index (χ2v) is 4.50. The molecule has 1 aliphatic rings. The summed E-state index contributed by atoms with van der Waals surface area (Å²) < 4.78 is 1.11. The third kappa shape index (κ3) is 2.88. The van der Waals surface area contributed by atoms with Gasteiger partial charge in [0, 0.05) is 15.3 Å². The lowest BCUT2D eigenvalue weighted by atomic mass is 10.2. The van der Waals surface area contributed by atoms with Crippen LogP contribution >= 0.6 is 22.6 Å². The van der Waals surface area contributed by atoms with Crippen LogP contribution in [-0.2, 0) is 0 Å². The van der Waals surface area contributed by atoms with E-state index in [9.17, 15) is 4.79 Å². The first-order valence-electron chi connectivity index (χ1n) is 4.85. The Morgan fingerprint density at radius 3 is 2.75 bits per heavy atom. The molecule has 82 valence electrons. The molecule has 0 spiro atoms. The number of amides is 1. The van der Waals surface area contributed by atoms with Crippen LogP contribution in [0.4, 0.5) is 0 Å². The Bertz CT molecular complexity index is 451. The zero-order chi connectivity index (χ0) is 11.4. The molecule has 0 radical (unpaired) electrons. The second-order valence-electron chi connectivity index (χ2n) is 3.26. The summed E-state index contributed by atoms with van der Waals surface area (Å²) in [6.07, 6.45) is 1.73. The summed E-state index contributed by atoms with van der Waals surface area (Å²) in [5.41, 5.74) is 0.656. The second kappa shape index (κ2) is 5.20. The molecule has 16 heavy (non-hydrogen) atoms. The summed E-state index contributed by atoms with van der Waals surface area (Å²) in [5.74, 6) is 0.583. The number of aliphatic imine (C=N–C) groups is 2. The van der Waals surface area contributed by atoms with Crippen LogP contribution in [0.15, 0.2) is 34.3 Å². The number of nitrogens with zero attached hydrogens (tertiary/aromatic N) is 2. The minimum Gasteiger partial charge on any atom is -0.345 e. The van der Waals surface area contributed by atoms with Crippen molar-refractivity contribution in [3.63, 3.8) is 0 Å². The van der Waals surface area contributed by atoms with Gasteiger partial charge in [-0.1, -0.05) is 0 Å². The zero-order valence-electron chi connectivity index (χ0n) is 8.48. The molecular formula is C11H10IN3O. The van der Waals surface area contributed by atoms with E-state index in [1.807, 2.05) is 12.1 Å². The fraction of sp³-hybridized carbons (Fsp3) is 0.182. The highest BCUT2D eigenvalue weighted by molar-refractivity contribution is 14.1. The molecule has 0 aliphatic carbocycles. The monoisotopic (exact) mass is 327 g/mol. The third-order valence-electron chi connectivity index (χ3n) is 2.11. The summed E-state index contributed by atoms with van der Waals surface area (Å²) in [7, 11) is 0. The smallest absolute Gasteiger partial charge is 0.251 e. The van der Waals surface area contributed by atoms with Crippen LogP contribution in [0.2, 0.25) is 0 Å². The summed E-state index contributed by atoms with van der Waals surface area (Å²) in [6, 6.07) is 7.41. The van der Waals surface area contributed by atoms with Gasteiger partial charge in [-0.2, -0.15) is 0 Å². The average Bonchev–Trinajstić information content (AvgIpc) is 2.80. The molecule has 0 unspecified atom stereocenters. The lowest BCUT2D eigenvalue weighted by Gasteiger charge is -2.03. The molecule has 1 aliphatic heterocycles. The predicted molar refractivity (Wildman–Crippen MR) is 72.3 cm³/mol. The molecule has 1 heterocycles. The highest BCUT2D eigenvalue weighted by atomic mass is 127. The molecule has 1 aromatic carbocycles. The van der Waals surface area contributed by atoms with Gasteiger partial charge in [0.05, 0.1) is 13.1 Å². The standard InChI is InChI=1S/C11H10IN3O/c12-9-3-1-8(2-4-9)11(16)15-7-10-13-5-6-14-10/h1-5H,6-7H2,(H,15,16). The number of nitrogens with one attached hydrogen (secondary N) is 1. The molecule has 1 N–H and O–H groups in total. The van der Waals surface area contributed by atoms with Crippen LogP contribution in [0.3, 0.4) is 0 Å². The predicted octanol–water partition coefficient (Wildman–Crippen LogP) is 1.50. The van der Waals surface area contributed by atoms with E-state index in [0.717, 1.165) is 3.57 Å². The topological polar surface area (TPSA) is 53.8 Å². The SMILES string of the molecule is O=C(NCC1=NCC=N1)c1ccc(I)cc1. The molecule has 0 atom stereocenters. The molecule has 5 heteroatoms. The van der Waals surface area contributed by atoms with Crippen molar-refractivity contribution < 1.29 is 4.79 Å². The van der Waals surface area contributed by atoms with Crippen molar-refractivity contribution in [3.05, 3.63) is 33.4 Å². The van der Waals surface area contributed by atoms with E-state index in [2.05, 4.69) is 37.9 Å². The highest BCUT2D eigenvalue weighted by Crippen LogP contribution is 2.06. The van der Waals surface area contributed by atoms with Gasteiger partial charge in [-0.25, -0.2) is 4.99 Å². The number of benzene rings is 1. The fourth-order valence-corrected chi connectivity index (χ4v) is 1.66. The van der Waals surface area contributed by atoms with Gasteiger partial charge in [-0.05, 0) is 46.9 Å². The van der Waals surface area contributed by atoms with Crippen LogP contribution in [0.1, 0.15) is 10.4 Å². The van der Waals surface area contributed by atoms with Gasteiger partial charge in [-0.15, -0.1) is 0 Å². The van der Waals surface area contributed by atoms with E-state index in [4.69, 9.17) is 0 Å². The first-order chi connectivity index (χ1) is 7.75. The van der Waals surface area contributed by atoms with Crippen LogP contribution in [0.5, 0.6) is 0 Å². The lowest BCUT2D eigenvalue weighted by molar-refractivity contribution is 0.0959. The molecule has 0 saturated carbocycles. The Labute approximate surface area is 107 Å². The fourth-order valence-electron chi connectivity index (χ4n) is 1.30. The first kappa shape index (κ1) is 11.3. The molecule has 1 aromatic rings. The average molecular weight is 327 g/mol. The van der Waals surface area contributed by atoms with E-state index < -0.39 is 0 Å². The normalized spacial score (nSPS) is 13.7. The number of hydrogen-bond donors (Lipinski definition) is 1. The van der Waals surface area contributed by atoms with E-state index in [-0.39, 0.29) is 5.91 Å². The van der Waals surface area contributed by atoms with Gasteiger partial charge in [0.15, 0.2) is 0 Å². The van der Waals surface area contributed by atoms with Crippen molar-refractivity contribution in [1.82, 2.24) is 5.32 Å². The molecule has 4 nitrogen and oxygen atoms in total. The van der Waals surface area contributed by atoms with Crippen LogP contribution in [-0.4, -0.2) is 31.0 Å². The largest absolute Gasteiger partial charge is 0.345 e. The number of carbonyl (C=O) groups is 1. The number of hydrogen-bond acceptors (Lipinski definition) is 3. The van der Waals surface area contributed by atoms with Crippen molar-refractivity contribution >= 4 is 40.5 Å². The van der Waals surface area contributed by atoms with Crippen molar-refractivity contribution in [1.29, 1.82) is 0 Å². The molecule has 0 bridgehead atoms. The van der Waals surface area contributed by atoms with Gasteiger partial charge in [-0.3, -0.25) is 9.79 Å². The maximum Gasteiger partial charge on any atom is 0.251 e. The highest BCUT2D eigenvalue weighted by Gasteiger charge is 2.07. The van der Waals surface area contributed by atoms with Gasteiger partial charge in [0.1, 0.15) is 5.84 Å². The van der Waals surface area contributed by atoms with Gasteiger partial charge in [0.25, 0.3) is 5.91 Å². The summed E-state index contributed by atoms with van der Waals surface area (Å²) >= 11 is 2.20. The quantitative estimate of drug-likeness (QED) is 0.841. The number of halogens is 1. The zero-order valence-corrected chi connectivity index (χ0v) is 10.6. The minimum absolute atomic E-state index is 0.0961. The van der Waals surface area contributed by atoms with Crippen molar-refractivity contribution in [2.75, 3.05) is 13.1 Å². The maximum atomic E-state index is 11.7. The molecule has 0 saturated heterocycles. The number of amidine groups is 1. The molecule has 2 rings (SSSR count). The first-order valence-corrected chi connectivity index (χ1v) is 5.93. The minimum atomic E-state index is -0.0961. The van der Waals surface area contributed by atoms with E-state index in [0.29, 0.717) is 24.5 Å². The van der Waals surface area contributed by atoms with Crippen molar-refractivity contribution in [3.8, 4) is 0 Å². The Hall–Kier alpha value is -1.24. The van der Waals surface area contributed by atoms with E-state index >= 15 is 0 Å².